The van der Waals surface area contributed by atoms with Crippen molar-refractivity contribution in [3.05, 3.63) is 91.1 Å². The van der Waals surface area contributed by atoms with E-state index in [2.05, 4.69) is 47.3 Å². The number of halogens is 3. The number of aryl methyl sites for hydroxylation is 1. The Balaban J connectivity index is 1.58. The van der Waals surface area contributed by atoms with Crippen LogP contribution in [-0.4, -0.2) is 35.5 Å². The maximum absolute atomic E-state index is 13.4. The van der Waals surface area contributed by atoms with Crippen LogP contribution >= 0.6 is 31.9 Å². The van der Waals surface area contributed by atoms with Crippen molar-refractivity contribution < 1.29 is 18.7 Å². The molecule has 0 atom stereocenters. The van der Waals surface area contributed by atoms with E-state index in [9.17, 15) is 14.0 Å². The van der Waals surface area contributed by atoms with E-state index in [1.165, 1.54) is 36.2 Å². The lowest BCUT2D eigenvalue weighted by atomic mass is 10.2. The summed E-state index contributed by atoms with van der Waals surface area (Å²) in [5.74, 6) is 0.287. The monoisotopic (exact) mass is 644 g/mol. The second-order valence-corrected chi connectivity index (χ2v) is 9.95. The Labute approximate surface area is 234 Å². The van der Waals surface area contributed by atoms with Crippen molar-refractivity contribution in [2.75, 3.05) is 19.0 Å². The number of methoxy groups -OCH3 is 1. The average molecular weight is 646 g/mol. The van der Waals surface area contributed by atoms with E-state index in [-0.39, 0.29) is 12.2 Å². The molecule has 4 rings (SSSR count). The van der Waals surface area contributed by atoms with Crippen LogP contribution in [0.2, 0.25) is 0 Å². The van der Waals surface area contributed by atoms with Gasteiger partial charge in [-0.05, 0) is 76.4 Å². The summed E-state index contributed by atoms with van der Waals surface area (Å²) in [6.07, 6.45) is 2.90. The maximum Gasteiger partial charge on any atom is 0.282 e. The average Bonchev–Trinajstić information content (AvgIpc) is 2.88. The molecule has 4 aromatic rings. The molecule has 0 saturated carbocycles. The molecule has 0 saturated heterocycles. The third-order valence-corrected chi connectivity index (χ3v) is 6.46. The van der Waals surface area contributed by atoms with Gasteiger partial charge in [-0.25, -0.2) is 9.37 Å². The molecule has 0 aliphatic carbocycles. The largest absolute Gasteiger partial charge is 0.493 e. The van der Waals surface area contributed by atoms with Crippen molar-refractivity contribution in [2.45, 2.75) is 19.8 Å². The van der Waals surface area contributed by atoms with Gasteiger partial charge in [0.25, 0.3) is 11.5 Å². The molecule has 0 radical (unpaired) electrons. The minimum Gasteiger partial charge on any atom is -0.493 e. The number of nitrogens with one attached hydrogen (secondary N) is 1. The van der Waals surface area contributed by atoms with E-state index in [1.54, 1.807) is 30.3 Å². The molecule has 38 heavy (non-hydrogen) atoms. The van der Waals surface area contributed by atoms with E-state index in [0.717, 1.165) is 10.9 Å². The summed E-state index contributed by atoms with van der Waals surface area (Å²) in [6.45, 7) is 1.68. The standard InChI is InChI=1S/C27H23Br2FN4O4/c1-3-5-24-33-22-9-8-17(28)12-20(22)27(36)34(24)31-14-16-10-21(29)26(23(11-16)37-2)38-15-25(35)32-19-7-4-6-18(30)13-19/h4,6-14H,3,5,15H2,1-2H3,(H,32,35). The minimum absolute atomic E-state index is 0.272. The molecule has 1 aromatic heterocycles. The number of hydrogen-bond acceptors (Lipinski definition) is 6. The number of nitrogens with zero attached hydrogens (tertiary/aromatic N) is 3. The summed E-state index contributed by atoms with van der Waals surface area (Å²) >= 11 is 6.85. The molecule has 0 unspecified atom stereocenters. The first-order valence-corrected chi connectivity index (χ1v) is 13.2. The Morgan fingerprint density at radius 3 is 2.74 bits per heavy atom. The number of amides is 1. The third-order valence-electron chi connectivity index (χ3n) is 5.38. The molecule has 8 nitrogen and oxygen atoms in total. The zero-order valence-electron chi connectivity index (χ0n) is 20.5. The highest BCUT2D eigenvalue weighted by molar-refractivity contribution is 9.10. The van der Waals surface area contributed by atoms with Gasteiger partial charge in [-0.2, -0.15) is 9.78 Å². The highest BCUT2D eigenvalue weighted by Gasteiger charge is 2.15. The Morgan fingerprint density at radius 1 is 1.18 bits per heavy atom. The molecule has 11 heteroatoms. The molecule has 1 heterocycles. The van der Waals surface area contributed by atoms with Crippen LogP contribution < -0.4 is 20.3 Å². The number of aromatic nitrogens is 2. The lowest BCUT2D eigenvalue weighted by Crippen LogP contribution is -2.22. The topological polar surface area (TPSA) is 94.8 Å². The van der Waals surface area contributed by atoms with E-state index in [1.807, 2.05) is 13.0 Å². The SMILES string of the molecule is CCCc1nc2ccc(Br)cc2c(=O)n1N=Cc1cc(Br)c(OCC(=O)Nc2cccc(F)c2)c(OC)c1. The van der Waals surface area contributed by atoms with Gasteiger partial charge < -0.3 is 14.8 Å². The Kier molecular flexibility index (Phi) is 8.90. The number of anilines is 1. The quantitative estimate of drug-likeness (QED) is 0.228. The molecule has 0 aliphatic rings. The van der Waals surface area contributed by atoms with Gasteiger partial charge in [-0.1, -0.05) is 28.9 Å². The number of carbonyl (C=O) groups excluding carboxylic acids is 1. The number of benzene rings is 3. The summed E-state index contributed by atoms with van der Waals surface area (Å²) in [7, 11) is 1.47. The van der Waals surface area contributed by atoms with Crippen LogP contribution in [0, 0.1) is 5.82 Å². The Morgan fingerprint density at radius 2 is 2.00 bits per heavy atom. The van der Waals surface area contributed by atoms with Gasteiger partial charge in [0.05, 0.1) is 28.7 Å². The van der Waals surface area contributed by atoms with Gasteiger partial charge in [0, 0.05) is 16.6 Å². The fourth-order valence-electron chi connectivity index (χ4n) is 3.68. The lowest BCUT2D eigenvalue weighted by molar-refractivity contribution is -0.118. The number of carbonyl (C=O) groups is 1. The van der Waals surface area contributed by atoms with Crippen LogP contribution in [0.5, 0.6) is 11.5 Å². The molecule has 3 aromatic carbocycles. The number of ether oxygens (including phenoxy) is 2. The summed E-state index contributed by atoms with van der Waals surface area (Å²) < 4.78 is 27.1. The first kappa shape index (κ1) is 27.5. The summed E-state index contributed by atoms with van der Waals surface area (Å²) in [6, 6.07) is 14.3. The summed E-state index contributed by atoms with van der Waals surface area (Å²) in [4.78, 5) is 30.1. The zero-order valence-corrected chi connectivity index (χ0v) is 23.7. The molecule has 0 bridgehead atoms. The second-order valence-electron chi connectivity index (χ2n) is 8.18. The predicted octanol–water partition coefficient (Wildman–Crippen LogP) is 5.92. The van der Waals surface area contributed by atoms with Crippen molar-refractivity contribution in [3.63, 3.8) is 0 Å². The van der Waals surface area contributed by atoms with Crippen molar-refractivity contribution in [2.24, 2.45) is 5.10 Å². The van der Waals surface area contributed by atoms with Crippen LogP contribution in [0.4, 0.5) is 10.1 Å². The van der Waals surface area contributed by atoms with Gasteiger partial charge >= 0.3 is 0 Å². The maximum atomic E-state index is 13.4. The molecular weight excluding hydrogens is 623 g/mol. The second kappa shape index (κ2) is 12.3. The molecular formula is C27H23Br2FN4O4. The highest BCUT2D eigenvalue weighted by atomic mass is 79.9. The van der Waals surface area contributed by atoms with E-state index >= 15 is 0 Å². The zero-order chi connectivity index (χ0) is 27.2. The van der Waals surface area contributed by atoms with Crippen LogP contribution in [0.1, 0.15) is 24.7 Å². The van der Waals surface area contributed by atoms with Gasteiger partial charge in [-0.3, -0.25) is 9.59 Å². The van der Waals surface area contributed by atoms with Crippen LogP contribution in [0.15, 0.2) is 73.4 Å². The van der Waals surface area contributed by atoms with Crippen molar-refractivity contribution >= 4 is 60.6 Å². The Bertz CT molecular complexity index is 1590. The molecule has 0 fully saturated rings. The molecule has 1 N–H and O–H groups in total. The van der Waals surface area contributed by atoms with Gasteiger partial charge in [0.15, 0.2) is 18.1 Å². The van der Waals surface area contributed by atoms with Crippen LogP contribution in [-0.2, 0) is 11.2 Å². The van der Waals surface area contributed by atoms with Crippen LogP contribution in [0.25, 0.3) is 10.9 Å². The summed E-state index contributed by atoms with van der Waals surface area (Å²) in [5.41, 5.74) is 1.28. The van der Waals surface area contributed by atoms with Crippen molar-refractivity contribution in [1.29, 1.82) is 0 Å². The summed E-state index contributed by atoms with van der Waals surface area (Å²) in [5, 5.41) is 7.47. The smallest absolute Gasteiger partial charge is 0.282 e. The number of hydrogen-bond donors (Lipinski definition) is 1. The van der Waals surface area contributed by atoms with E-state index in [0.29, 0.717) is 50.4 Å². The van der Waals surface area contributed by atoms with Gasteiger partial charge in [0.1, 0.15) is 11.6 Å². The van der Waals surface area contributed by atoms with Crippen LogP contribution in [0.3, 0.4) is 0 Å². The molecule has 0 spiro atoms. The highest BCUT2D eigenvalue weighted by Crippen LogP contribution is 2.36. The Hall–Kier alpha value is -3.57. The lowest BCUT2D eigenvalue weighted by Gasteiger charge is -2.14. The normalized spacial score (nSPS) is 11.2. The fourth-order valence-corrected chi connectivity index (χ4v) is 4.61. The minimum atomic E-state index is -0.464. The van der Waals surface area contributed by atoms with E-state index in [4.69, 9.17) is 9.47 Å². The fraction of sp³-hybridized carbons (Fsp3) is 0.185. The van der Waals surface area contributed by atoms with Gasteiger partial charge in [0.2, 0.25) is 0 Å². The first-order chi connectivity index (χ1) is 18.3. The number of rotatable bonds is 9. The van der Waals surface area contributed by atoms with Gasteiger partial charge in [-0.15, -0.1) is 0 Å². The molecule has 0 aliphatic heterocycles. The first-order valence-electron chi connectivity index (χ1n) is 11.6. The van der Waals surface area contributed by atoms with Crippen molar-refractivity contribution in [3.8, 4) is 11.5 Å². The van der Waals surface area contributed by atoms with Crippen molar-refractivity contribution in [1.82, 2.24) is 9.66 Å². The number of fused-ring (bicyclic) bond motifs is 1. The van der Waals surface area contributed by atoms with E-state index < -0.39 is 11.7 Å². The molecule has 196 valence electrons. The molecule has 1 amide bonds. The third kappa shape index (κ3) is 6.46. The predicted molar refractivity (Wildman–Crippen MR) is 152 cm³/mol.